The molecule has 0 saturated heterocycles. The number of hydrogen-bond acceptors (Lipinski definition) is 3. The lowest BCUT2D eigenvalue weighted by atomic mass is 10.1. The second-order valence-electron chi connectivity index (χ2n) is 4.11. The highest BCUT2D eigenvalue weighted by Gasteiger charge is 2.16. The summed E-state index contributed by atoms with van der Waals surface area (Å²) in [5.74, 6) is 0.521. The number of thiophene rings is 1. The predicted molar refractivity (Wildman–Crippen MR) is 96.2 cm³/mol. The lowest BCUT2D eigenvalue weighted by Gasteiger charge is -2.08. The van der Waals surface area contributed by atoms with Crippen LogP contribution >= 0.6 is 66.4 Å². The maximum Gasteiger partial charge on any atom is 0.173 e. The van der Waals surface area contributed by atoms with Crippen LogP contribution in [0.2, 0.25) is 10.3 Å². The van der Waals surface area contributed by atoms with Gasteiger partial charge in [-0.15, -0.1) is 11.3 Å². The van der Waals surface area contributed by atoms with E-state index < -0.39 is 0 Å². The minimum atomic E-state index is 0.340. The first kappa shape index (κ1) is 15.4. The van der Waals surface area contributed by atoms with Gasteiger partial charge in [-0.3, -0.25) is 0 Å². The number of benzene rings is 1. The monoisotopic (exact) mass is 462 g/mol. The molecule has 0 atom stereocenters. The molecule has 106 valence electrons. The summed E-state index contributed by atoms with van der Waals surface area (Å²) in [6, 6.07) is 9.62. The van der Waals surface area contributed by atoms with E-state index in [4.69, 9.17) is 23.2 Å². The lowest BCUT2D eigenvalue weighted by Crippen LogP contribution is -1.93. The maximum atomic E-state index is 6.32. The Kier molecular flexibility index (Phi) is 4.66. The molecule has 3 rings (SSSR count). The maximum absolute atomic E-state index is 6.32. The number of aromatic nitrogens is 2. The van der Waals surface area contributed by atoms with E-state index in [1.807, 2.05) is 35.7 Å². The van der Waals surface area contributed by atoms with Crippen LogP contribution in [0.15, 0.2) is 44.7 Å². The van der Waals surface area contributed by atoms with Crippen LogP contribution in [0.5, 0.6) is 0 Å². The molecule has 0 spiro atoms. The molecule has 7 heteroatoms. The van der Waals surface area contributed by atoms with E-state index in [9.17, 15) is 0 Å². The molecule has 0 amide bonds. The third kappa shape index (κ3) is 3.17. The molecule has 21 heavy (non-hydrogen) atoms. The third-order valence-electron chi connectivity index (χ3n) is 2.77. The molecule has 0 saturated carbocycles. The van der Waals surface area contributed by atoms with Crippen LogP contribution in [0.1, 0.15) is 0 Å². The van der Waals surface area contributed by atoms with Gasteiger partial charge in [-0.1, -0.05) is 51.3 Å². The van der Waals surface area contributed by atoms with Crippen molar-refractivity contribution in [3.8, 4) is 21.8 Å². The van der Waals surface area contributed by atoms with E-state index in [0.717, 1.165) is 19.4 Å². The molecule has 2 aromatic heterocycles. The summed E-state index contributed by atoms with van der Waals surface area (Å²) in [6.45, 7) is 0. The van der Waals surface area contributed by atoms with Gasteiger partial charge in [0.2, 0.25) is 0 Å². The fraction of sp³-hybridized carbons (Fsp3) is 0. The van der Waals surface area contributed by atoms with Gasteiger partial charge in [0.1, 0.15) is 10.3 Å². The largest absolute Gasteiger partial charge is 0.215 e. The Balaban J connectivity index is 2.13. The van der Waals surface area contributed by atoms with E-state index in [0.29, 0.717) is 21.7 Å². The van der Waals surface area contributed by atoms with Crippen LogP contribution in [0.25, 0.3) is 21.8 Å². The highest BCUT2D eigenvalue weighted by molar-refractivity contribution is 9.10. The summed E-state index contributed by atoms with van der Waals surface area (Å²) in [6.07, 6.45) is 0. The number of nitrogens with zero attached hydrogens (tertiary/aromatic N) is 2. The van der Waals surface area contributed by atoms with Gasteiger partial charge in [0.15, 0.2) is 5.82 Å². The molecular weight excluding hydrogens is 459 g/mol. The summed E-state index contributed by atoms with van der Waals surface area (Å²) in [5, 5.41) is 2.63. The molecular formula is C14H6Br2Cl2N2S. The molecule has 0 bridgehead atoms. The van der Waals surface area contributed by atoms with Crippen molar-refractivity contribution >= 4 is 66.4 Å². The normalized spacial score (nSPS) is 10.9. The predicted octanol–water partition coefficient (Wildman–Crippen LogP) is 6.70. The van der Waals surface area contributed by atoms with Crippen LogP contribution in [0.4, 0.5) is 0 Å². The van der Waals surface area contributed by atoms with Crippen LogP contribution in [0.3, 0.4) is 0 Å². The van der Waals surface area contributed by atoms with Crippen LogP contribution < -0.4 is 0 Å². The van der Waals surface area contributed by atoms with Gasteiger partial charge in [0.25, 0.3) is 0 Å². The van der Waals surface area contributed by atoms with Gasteiger partial charge in [-0.25, -0.2) is 9.97 Å². The average Bonchev–Trinajstić information content (AvgIpc) is 2.86. The molecule has 0 aliphatic rings. The fourth-order valence-electron chi connectivity index (χ4n) is 1.82. The molecule has 0 aliphatic heterocycles. The van der Waals surface area contributed by atoms with Crippen molar-refractivity contribution in [2.45, 2.75) is 0 Å². The number of halogens is 4. The minimum Gasteiger partial charge on any atom is -0.215 e. The van der Waals surface area contributed by atoms with Crippen molar-refractivity contribution in [2.24, 2.45) is 0 Å². The van der Waals surface area contributed by atoms with Gasteiger partial charge in [0, 0.05) is 8.95 Å². The zero-order valence-corrected chi connectivity index (χ0v) is 15.8. The van der Waals surface area contributed by atoms with E-state index in [1.54, 1.807) is 0 Å². The molecule has 1 aromatic carbocycles. The van der Waals surface area contributed by atoms with Crippen LogP contribution in [0, 0.1) is 0 Å². The van der Waals surface area contributed by atoms with Crippen molar-refractivity contribution in [2.75, 3.05) is 0 Å². The lowest BCUT2D eigenvalue weighted by molar-refractivity contribution is 1.19. The highest BCUT2D eigenvalue weighted by Crippen LogP contribution is 2.37. The molecule has 2 heterocycles. The summed E-state index contributed by atoms with van der Waals surface area (Å²) in [7, 11) is 0. The second-order valence-corrected chi connectivity index (χ2v) is 7.51. The SMILES string of the molecule is Clc1nc(-c2sccc2Br)nc(Cl)c1-c1ccc(Br)cc1. The second kappa shape index (κ2) is 6.34. The zero-order chi connectivity index (χ0) is 15.0. The van der Waals surface area contributed by atoms with Gasteiger partial charge in [-0.2, -0.15) is 0 Å². The van der Waals surface area contributed by atoms with E-state index in [2.05, 4.69) is 41.8 Å². The van der Waals surface area contributed by atoms with Crippen LogP contribution in [-0.2, 0) is 0 Å². The van der Waals surface area contributed by atoms with Crippen molar-refractivity contribution in [3.63, 3.8) is 0 Å². The highest BCUT2D eigenvalue weighted by atomic mass is 79.9. The Morgan fingerprint density at radius 3 is 2.05 bits per heavy atom. The molecule has 0 unspecified atom stereocenters. The van der Waals surface area contributed by atoms with E-state index in [1.165, 1.54) is 11.3 Å². The first-order valence-corrected chi connectivity index (χ1v) is 9.01. The summed E-state index contributed by atoms with van der Waals surface area (Å²) >= 11 is 21.0. The van der Waals surface area contributed by atoms with Crippen molar-refractivity contribution in [1.29, 1.82) is 0 Å². The van der Waals surface area contributed by atoms with Crippen LogP contribution in [-0.4, -0.2) is 9.97 Å². The third-order valence-corrected chi connectivity index (χ3v) is 5.68. The molecule has 0 N–H and O–H groups in total. The molecule has 3 aromatic rings. The number of hydrogen-bond donors (Lipinski definition) is 0. The molecule has 0 radical (unpaired) electrons. The van der Waals surface area contributed by atoms with E-state index in [-0.39, 0.29) is 0 Å². The van der Waals surface area contributed by atoms with Crippen molar-refractivity contribution in [3.05, 3.63) is 55.0 Å². The first-order valence-electron chi connectivity index (χ1n) is 5.78. The first-order chi connectivity index (χ1) is 10.1. The Labute approximate surface area is 152 Å². The summed E-state index contributed by atoms with van der Waals surface area (Å²) in [5.41, 5.74) is 1.52. The summed E-state index contributed by atoms with van der Waals surface area (Å²) < 4.78 is 1.91. The van der Waals surface area contributed by atoms with Gasteiger partial charge >= 0.3 is 0 Å². The number of rotatable bonds is 2. The quantitative estimate of drug-likeness (QED) is 0.394. The molecule has 0 aliphatic carbocycles. The molecule has 0 fully saturated rings. The van der Waals surface area contributed by atoms with Gasteiger partial charge < -0.3 is 0 Å². The Morgan fingerprint density at radius 2 is 1.52 bits per heavy atom. The fourth-order valence-corrected chi connectivity index (χ4v) is 4.17. The molecule has 2 nitrogen and oxygen atoms in total. The minimum absolute atomic E-state index is 0.340. The van der Waals surface area contributed by atoms with Crippen molar-refractivity contribution in [1.82, 2.24) is 9.97 Å². The van der Waals surface area contributed by atoms with Gasteiger partial charge in [-0.05, 0) is 45.1 Å². The topological polar surface area (TPSA) is 25.8 Å². The average molecular weight is 465 g/mol. The standard InChI is InChI=1S/C14H6Br2Cl2N2S/c15-8-3-1-7(2-4-8)10-12(17)19-14(20-13(10)18)11-9(16)5-6-21-11/h1-6H. The van der Waals surface area contributed by atoms with E-state index >= 15 is 0 Å². The Morgan fingerprint density at radius 1 is 0.905 bits per heavy atom. The smallest absolute Gasteiger partial charge is 0.173 e. The zero-order valence-electron chi connectivity index (χ0n) is 10.3. The Bertz CT molecular complexity index is 780. The summed E-state index contributed by atoms with van der Waals surface area (Å²) in [4.78, 5) is 9.65. The van der Waals surface area contributed by atoms with Gasteiger partial charge in [0.05, 0.1) is 10.4 Å². The van der Waals surface area contributed by atoms with Crippen molar-refractivity contribution < 1.29 is 0 Å². The Hall–Kier alpha value is -0.460.